The monoisotopic (exact) mass is 304 g/mol. The molecule has 118 valence electrons. The van der Waals surface area contributed by atoms with E-state index in [-0.39, 0.29) is 11.9 Å². The third kappa shape index (κ3) is 3.10. The lowest BCUT2D eigenvalue weighted by Crippen LogP contribution is -2.37. The quantitative estimate of drug-likeness (QED) is 0.855. The van der Waals surface area contributed by atoms with Crippen LogP contribution >= 0.6 is 0 Å². The minimum Gasteiger partial charge on any atom is -0.467 e. The summed E-state index contributed by atoms with van der Waals surface area (Å²) in [5.74, 6) is -0.407. The van der Waals surface area contributed by atoms with Crippen molar-refractivity contribution in [2.45, 2.75) is 33.2 Å². The maximum absolute atomic E-state index is 12.1. The summed E-state index contributed by atoms with van der Waals surface area (Å²) in [6.45, 7) is 5.71. The van der Waals surface area contributed by atoms with Gasteiger partial charge in [-0.15, -0.1) is 0 Å². The van der Waals surface area contributed by atoms with Crippen molar-refractivity contribution in [1.82, 2.24) is 4.98 Å². The summed E-state index contributed by atoms with van der Waals surface area (Å²) in [7, 11) is 1.33. The molecule has 6 heteroatoms. The Balaban J connectivity index is 2.42. The Bertz CT molecular complexity index is 738. The Morgan fingerprint density at radius 2 is 2.18 bits per heavy atom. The lowest BCUT2D eigenvalue weighted by molar-refractivity contribution is -0.142. The summed E-state index contributed by atoms with van der Waals surface area (Å²) in [6.07, 6.45) is 0.768. The smallest absolute Gasteiger partial charge is 0.348 e. The minimum absolute atomic E-state index is 0.00718. The standard InChI is InChI=1S/C16H20N2O4/c1-5-9(2)13(15(20)21-4)18-16-17-11-8-6-7-10(3)12(11)14(19)22-16/h6-9,13H,5H2,1-4H3,(H,17,18). The number of esters is 1. The molecule has 0 aliphatic carbocycles. The van der Waals surface area contributed by atoms with E-state index in [1.165, 1.54) is 7.11 Å². The maximum Gasteiger partial charge on any atom is 0.348 e. The van der Waals surface area contributed by atoms with Crippen LogP contribution in [0.25, 0.3) is 10.9 Å². The van der Waals surface area contributed by atoms with Gasteiger partial charge in [-0.25, -0.2) is 9.59 Å². The Kier molecular flexibility index (Phi) is 4.80. The Morgan fingerprint density at radius 1 is 1.45 bits per heavy atom. The summed E-state index contributed by atoms with van der Waals surface area (Å²) in [5, 5.41) is 3.33. The van der Waals surface area contributed by atoms with Crippen LogP contribution in [0.2, 0.25) is 0 Å². The second-order valence-corrected chi connectivity index (χ2v) is 5.31. The van der Waals surface area contributed by atoms with Gasteiger partial charge in [0.25, 0.3) is 6.01 Å². The van der Waals surface area contributed by atoms with Gasteiger partial charge in [-0.05, 0) is 24.5 Å². The van der Waals surface area contributed by atoms with Gasteiger partial charge in [0.15, 0.2) is 0 Å². The summed E-state index contributed by atoms with van der Waals surface area (Å²) >= 11 is 0. The number of carbonyl (C=O) groups is 1. The number of hydrogen-bond acceptors (Lipinski definition) is 6. The molecular weight excluding hydrogens is 284 g/mol. The third-order valence-electron chi connectivity index (χ3n) is 3.81. The summed E-state index contributed by atoms with van der Waals surface area (Å²) in [6, 6.07) is 4.79. The van der Waals surface area contributed by atoms with Gasteiger partial charge in [0, 0.05) is 0 Å². The predicted octanol–water partition coefficient (Wildman–Crippen LogP) is 2.50. The highest BCUT2D eigenvalue weighted by Crippen LogP contribution is 2.18. The molecule has 0 saturated heterocycles. The zero-order valence-corrected chi connectivity index (χ0v) is 13.2. The van der Waals surface area contributed by atoms with Crippen LogP contribution in [0.15, 0.2) is 27.4 Å². The molecule has 2 rings (SSSR count). The largest absolute Gasteiger partial charge is 0.467 e. The molecule has 0 aliphatic heterocycles. The summed E-state index contributed by atoms with van der Waals surface area (Å²) < 4.78 is 10.0. The molecule has 0 bridgehead atoms. The number of aromatic nitrogens is 1. The average Bonchev–Trinajstić information content (AvgIpc) is 2.51. The van der Waals surface area contributed by atoms with Gasteiger partial charge < -0.3 is 14.5 Å². The Morgan fingerprint density at radius 3 is 2.82 bits per heavy atom. The first-order valence-electron chi connectivity index (χ1n) is 7.22. The van der Waals surface area contributed by atoms with E-state index in [0.29, 0.717) is 10.9 Å². The fraction of sp³-hybridized carbons (Fsp3) is 0.438. The molecule has 2 unspecified atom stereocenters. The molecule has 0 aliphatic rings. The number of nitrogens with zero attached hydrogens (tertiary/aromatic N) is 1. The number of ether oxygens (including phenoxy) is 1. The van der Waals surface area contributed by atoms with Crippen molar-refractivity contribution >= 4 is 22.9 Å². The molecule has 1 N–H and O–H groups in total. The molecule has 0 spiro atoms. The van der Waals surface area contributed by atoms with Crippen LogP contribution in [0.4, 0.5) is 6.01 Å². The van der Waals surface area contributed by atoms with E-state index >= 15 is 0 Å². The lowest BCUT2D eigenvalue weighted by atomic mass is 9.99. The number of fused-ring (bicyclic) bond motifs is 1. The maximum atomic E-state index is 12.1. The van der Waals surface area contributed by atoms with Crippen LogP contribution in [0.1, 0.15) is 25.8 Å². The van der Waals surface area contributed by atoms with E-state index in [1.807, 2.05) is 32.9 Å². The van der Waals surface area contributed by atoms with E-state index in [2.05, 4.69) is 10.3 Å². The number of nitrogens with one attached hydrogen (secondary N) is 1. The van der Waals surface area contributed by atoms with Crippen LogP contribution in [0.5, 0.6) is 0 Å². The molecule has 1 aromatic carbocycles. The van der Waals surface area contributed by atoms with Gasteiger partial charge >= 0.3 is 11.6 Å². The van der Waals surface area contributed by atoms with Crippen molar-refractivity contribution in [3.05, 3.63) is 34.2 Å². The van der Waals surface area contributed by atoms with Crippen molar-refractivity contribution in [2.24, 2.45) is 5.92 Å². The van der Waals surface area contributed by atoms with Crippen molar-refractivity contribution in [3.8, 4) is 0 Å². The van der Waals surface area contributed by atoms with Crippen molar-refractivity contribution in [1.29, 1.82) is 0 Å². The van der Waals surface area contributed by atoms with E-state index in [1.54, 1.807) is 6.07 Å². The van der Waals surface area contributed by atoms with Crippen molar-refractivity contribution in [2.75, 3.05) is 12.4 Å². The molecule has 0 radical (unpaired) electrons. The van der Waals surface area contributed by atoms with Crippen molar-refractivity contribution < 1.29 is 13.9 Å². The molecular formula is C16H20N2O4. The number of hydrogen-bond donors (Lipinski definition) is 1. The number of methoxy groups -OCH3 is 1. The number of aryl methyl sites for hydroxylation is 1. The van der Waals surface area contributed by atoms with Gasteiger partial charge in [0.05, 0.1) is 18.0 Å². The topological polar surface area (TPSA) is 81.4 Å². The molecule has 1 aromatic heterocycles. The van der Waals surface area contributed by atoms with Crippen LogP contribution < -0.4 is 10.9 Å². The SMILES string of the molecule is CCC(C)C(Nc1nc2cccc(C)c2c(=O)o1)C(=O)OC. The number of anilines is 1. The summed E-state index contributed by atoms with van der Waals surface area (Å²) in [5.41, 5.74) is 0.863. The fourth-order valence-corrected chi connectivity index (χ4v) is 2.27. The van der Waals surface area contributed by atoms with Crippen LogP contribution in [-0.2, 0) is 9.53 Å². The zero-order valence-electron chi connectivity index (χ0n) is 13.2. The van der Waals surface area contributed by atoms with Gasteiger partial charge in [-0.3, -0.25) is 0 Å². The van der Waals surface area contributed by atoms with Crippen LogP contribution in [0.3, 0.4) is 0 Å². The Hall–Kier alpha value is -2.37. The molecule has 0 fully saturated rings. The highest BCUT2D eigenvalue weighted by Gasteiger charge is 2.26. The summed E-state index contributed by atoms with van der Waals surface area (Å²) in [4.78, 5) is 28.3. The molecule has 22 heavy (non-hydrogen) atoms. The minimum atomic E-state index is -0.618. The normalized spacial score (nSPS) is 13.6. The lowest BCUT2D eigenvalue weighted by Gasteiger charge is -2.21. The third-order valence-corrected chi connectivity index (χ3v) is 3.81. The van der Waals surface area contributed by atoms with Gasteiger partial charge in [0.2, 0.25) is 0 Å². The van der Waals surface area contributed by atoms with E-state index in [0.717, 1.165) is 12.0 Å². The Labute approximate surface area is 128 Å². The molecule has 6 nitrogen and oxygen atoms in total. The van der Waals surface area contributed by atoms with Gasteiger partial charge in [-0.1, -0.05) is 32.4 Å². The number of benzene rings is 1. The van der Waals surface area contributed by atoms with E-state index < -0.39 is 17.6 Å². The van der Waals surface area contributed by atoms with E-state index in [4.69, 9.17) is 9.15 Å². The average molecular weight is 304 g/mol. The van der Waals surface area contributed by atoms with E-state index in [9.17, 15) is 9.59 Å². The molecule has 2 atom stereocenters. The number of carbonyl (C=O) groups excluding carboxylic acids is 1. The fourth-order valence-electron chi connectivity index (χ4n) is 2.27. The highest BCUT2D eigenvalue weighted by atomic mass is 16.5. The van der Waals surface area contributed by atoms with Gasteiger partial charge in [-0.2, -0.15) is 4.98 Å². The van der Waals surface area contributed by atoms with Crippen LogP contribution in [-0.4, -0.2) is 24.1 Å². The molecule has 0 amide bonds. The zero-order chi connectivity index (χ0) is 16.3. The second kappa shape index (κ2) is 6.60. The molecule has 0 saturated carbocycles. The van der Waals surface area contributed by atoms with Crippen molar-refractivity contribution in [3.63, 3.8) is 0 Å². The highest BCUT2D eigenvalue weighted by molar-refractivity contribution is 5.82. The number of rotatable bonds is 5. The second-order valence-electron chi connectivity index (χ2n) is 5.31. The molecule has 2 aromatic rings. The van der Waals surface area contributed by atoms with Gasteiger partial charge in [0.1, 0.15) is 6.04 Å². The first kappa shape index (κ1) is 16.0. The molecule has 1 heterocycles. The predicted molar refractivity (Wildman–Crippen MR) is 83.9 cm³/mol. The first-order valence-corrected chi connectivity index (χ1v) is 7.22. The van der Waals surface area contributed by atoms with Crippen LogP contribution in [0, 0.1) is 12.8 Å². The first-order chi connectivity index (χ1) is 10.5.